The summed E-state index contributed by atoms with van der Waals surface area (Å²) in [4.78, 5) is 23.0. The van der Waals surface area contributed by atoms with Gasteiger partial charge >= 0.3 is 12.1 Å². The van der Waals surface area contributed by atoms with Crippen molar-refractivity contribution in [1.82, 2.24) is 5.32 Å². The fourth-order valence-corrected chi connectivity index (χ4v) is 2.83. The molecule has 28 heavy (non-hydrogen) atoms. The van der Waals surface area contributed by atoms with Crippen molar-refractivity contribution in [1.29, 1.82) is 0 Å². The van der Waals surface area contributed by atoms with E-state index in [4.69, 9.17) is 9.47 Å². The van der Waals surface area contributed by atoms with Gasteiger partial charge < -0.3 is 14.8 Å². The van der Waals surface area contributed by atoms with Gasteiger partial charge in [-0.05, 0) is 11.8 Å². The van der Waals surface area contributed by atoms with Gasteiger partial charge in [0.15, 0.2) is 0 Å². The van der Waals surface area contributed by atoms with E-state index >= 15 is 0 Å². The van der Waals surface area contributed by atoms with E-state index < -0.39 is 12.1 Å². The zero-order valence-corrected chi connectivity index (χ0v) is 18.9. The second-order valence-electron chi connectivity index (χ2n) is 8.95. The molecule has 0 unspecified atom stereocenters. The Morgan fingerprint density at radius 1 is 0.714 bits per heavy atom. The maximum atomic E-state index is 11.6. The van der Waals surface area contributed by atoms with Crippen LogP contribution in [0.3, 0.4) is 0 Å². The number of rotatable bonds is 17. The number of esters is 1. The minimum absolute atomic E-state index is 0.0912. The highest BCUT2D eigenvalue weighted by Gasteiger charge is 2.14. The smallest absolute Gasteiger partial charge is 0.407 e. The highest BCUT2D eigenvalue weighted by Crippen LogP contribution is 2.13. The van der Waals surface area contributed by atoms with Gasteiger partial charge in [0.25, 0.3) is 0 Å². The first-order valence-corrected chi connectivity index (χ1v) is 11.4. The molecule has 0 saturated carbocycles. The second kappa shape index (κ2) is 17.8. The molecule has 5 heteroatoms. The van der Waals surface area contributed by atoms with E-state index in [0.717, 1.165) is 12.8 Å². The summed E-state index contributed by atoms with van der Waals surface area (Å²) < 4.78 is 10.2. The van der Waals surface area contributed by atoms with Crippen LogP contribution < -0.4 is 5.32 Å². The SMILES string of the molecule is CCCCCCCCCCCCCCCOC(=O)CNC(=O)OCC(C)(C)C. The van der Waals surface area contributed by atoms with Gasteiger partial charge in [0.1, 0.15) is 6.54 Å². The Kier molecular flexibility index (Phi) is 17.0. The third kappa shape index (κ3) is 21.0. The Bertz CT molecular complexity index is 391. The van der Waals surface area contributed by atoms with E-state index in [1.165, 1.54) is 70.6 Å². The number of alkyl carbamates (subject to hydrolysis) is 1. The van der Waals surface area contributed by atoms with Crippen LogP contribution in [0.2, 0.25) is 0 Å². The summed E-state index contributed by atoms with van der Waals surface area (Å²) in [5, 5.41) is 2.42. The van der Waals surface area contributed by atoms with Crippen LogP contribution in [0.5, 0.6) is 0 Å². The van der Waals surface area contributed by atoms with Gasteiger partial charge in [0.2, 0.25) is 0 Å². The summed E-state index contributed by atoms with van der Waals surface area (Å²) in [5.41, 5.74) is -0.0912. The van der Waals surface area contributed by atoms with Gasteiger partial charge in [-0.3, -0.25) is 4.79 Å². The highest BCUT2D eigenvalue weighted by atomic mass is 16.6. The van der Waals surface area contributed by atoms with Crippen LogP contribution in [0, 0.1) is 5.41 Å². The van der Waals surface area contributed by atoms with Crippen molar-refractivity contribution in [3.8, 4) is 0 Å². The number of carbonyl (C=O) groups is 2. The summed E-state index contributed by atoms with van der Waals surface area (Å²) in [6.45, 7) is 8.79. The Balaban J connectivity index is 3.31. The van der Waals surface area contributed by atoms with Gasteiger partial charge in [0, 0.05) is 0 Å². The van der Waals surface area contributed by atoms with Gasteiger partial charge in [-0.15, -0.1) is 0 Å². The Hall–Kier alpha value is -1.26. The van der Waals surface area contributed by atoms with Crippen molar-refractivity contribution in [2.24, 2.45) is 5.41 Å². The molecule has 0 spiro atoms. The molecule has 0 bridgehead atoms. The lowest BCUT2D eigenvalue weighted by Gasteiger charge is -2.17. The lowest BCUT2D eigenvalue weighted by atomic mass is 9.99. The normalized spacial score (nSPS) is 11.3. The first-order valence-electron chi connectivity index (χ1n) is 11.4. The summed E-state index contributed by atoms with van der Waals surface area (Å²) in [6, 6.07) is 0. The van der Waals surface area contributed by atoms with Gasteiger partial charge in [-0.1, -0.05) is 105 Å². The van der Waals surface area contributed by atoms with Crippen molar-refractivity contribution in [3.05, 3.63) is 0 Å². The van der Waals surface area contributed by atoms with Crippen molar-refractivity contribution >= 4 is 12.1 Å². The molecule has 1 amide bonds. The molecule has 0 saturated heterocycles. The highest BCUT2D eigenvalue weighted by molar-refractivity contribution is 5.77. The van der Waals surface area contributed by atoms with Crippen LogP contribution >= 0.6 is 0 Å². The Morgan fingerprint density at radius 2 is 1.18 bits per heavy atom. The first-order chi connectivity index (χ1) is 13.3. The average molecular weight is 400 g/mol. The predicted octanol–water partition coefficient (Wildman–Crippen LogP) is 6.39. The van der Waals surface area contributed by atoms with Crippen LogP contribution in [0.25, 0.3) is 0 Å². The van der Waals surface area contributed by atoms with Crippen molar-refractivity contribution < 1.29 is 19.1 Å². The van der Waals surface area contributed by atoms with Crippen LogP contribution in [0.1, 0.15) is 111 Å². The van der Waals surface area contributed by atoms with Crippen LogP contribution in [-0.2, 0) is 14.3 Å². The third-order valence-corrected chi connectivity index (χ3v) is 4.52. The molecule has 0 aliphatic heterocycles. The molecule has 0 radical (unpaired) electrons. The zero-order chi connectivity index (χ0) is 21.1. The first kappa shape index (κ1) is 26.7. The van der Waals surface area contributed by atoms with Crippen LogP contribution in [0.4, 0.5) is 4.79 Å². The van der Waals surface area contributed by atoms with Gasteiger partial charge in [0.05, 0.1) is 13.2 Å². The van der Waals surface area contributed by atoms with E-state index in [0.29, 0.717) is 13.2 Å². The number of unbranched alkanes of at least 4 members (excludes halogenated alkanes) is 12. The molecule has 1 N–H and O–H groups in total. The Labute approximate surface area is 173 Å². The molecule has 0 aliphatic rings. The molecule has 0 aromatic rings. The van der Waals surface area contributed by atoms with E-state index in [1.54, 1.807) is 0 Å². The minimum atomic E-state index is -0.576. The fourth-order valence-electron chi connectivity index (χ4n) is 2.83. The van der Waals surface area contributed by atoms with Crippen molar-refractivity contribution in [2.75, 3.05) is 19.8 Å². The maximum absolute atomic E-state index is 11.6. The van der Waals surface area contributed by atoms with Gasteiger partial charge in [-0.2, -0.15) is 0 Å². The molecule has 5 nitrogen and oxygen atoms in total. The number of hydrogen-bond donors (Lipinski definition) is 1. The van der Waals surface area contributed by atoms with Crippen molar-refractivity contribution in [3.63, 3.8) is 0 Å². The molecule has 0 heterocycles. The molecule has 0 atom stereocenters. The zero-order valence-electron chi connectivity index (χ0n) is 18.9. The Morgan fingerprint density at radius 3 is 1.64 bits per heavy atom. The summed E-state index contributed by atoms with van der Waals surface area (Å²) in [7, 11) is 0. The fraction of sp³-hybridized carbons (Fsp3) is 0.913. The number of hydrogen-bond acceptors (Lipinski definition) is 4. The quantitative estimate of drug-likeness (QED) is 0.227. The van der Waals surface area contributed by atoms with Crippen LogP contribution in [-0.4, -0.2) is 31.8 Å². The molecular weight excluding hydrogens is 354 g/mol. The molecule has 0 aliphatic carbocycles. The third-order valence-electron chi connectivity index (χ3n) is 4.52. The molecule has 166 valence electrons. The lowest BCUT2D eigenvalue weighted by Crippen LogP contribution is -2.33. The number of amides is 1. The second-order valence-corrected chi connectivity index (χ2v) is 8.95. The van der Waals surface area contributed by atoms with Crippen molar-refractivity contribution in [2.45, 2.75) is 111 Å². The van der Waals surface area contributed by atoms with Gasteiger partial charge in [-0.25, -0.2) is 4.79 Å². The summed E-state index contributed by atoms with van der Waals surface area (Å²) in [6.07, 6.45) is 16.2. The molecular formula is C23H45NO4. The number of nitrogens with one attached hydrogen (secondary N) is 1. The molecule has 0 aromatic carbocycles. The van der Waals surface area contributed by atoms with E-state index in [1.807, 2.05) is 20.8 Å². The minimum Gasteiger partial charge on any atom is -0.464 e. The predicted molar refractivity (Wildman–Crippen MR) is 115 cm³/mol. The molecule has 0 fully saturated rings. The summed E-state index contributed by atoms with van der Waals surface area (Å²) in [5.74, 6) is -0.411. The van der Waals surface area contributed by atoms with E-state index in [2.05, 4.69) is 12.2 Å². The van der Waals surface area contributed by atoms with E-state index in [9.17, 15) is 9.59 Å². The largest absolute Gasteiger partial charge is 0.464 e. The molecule has 0 rings (SSSR count). The van der Waals surface area contributed by atoms with E-state index in [-0.39, 0.29) is 12.0 Å². The number of ether oxygens (including phenoxy) is 2. The maximum Gasteiger partial charge on any atom is 0.407 e. The van der Waals surface area contributed by atoms with Crippen LogP contribution in [0.15, 0.2) is 0 Å². The average Bonchev–Trinajstić information content (AvgIpc) is 2.64. The lowest BCUT2D eigenvalue weighted by molar-refractivity contribution is -0.142. The topological polar surface area (TPSA) is 64.6 Å². The number of carbonyl (C=O) groups excluding carboxylic acids is 2. The standard InChI is InChI=1S/C23H45NO4/c1-5-6-7-8-9-10-11-12-13-14-15-16-17-18-27-21(25)19-24-22(26)28-20-23(2,3)4/h5-20H2,1-4H3,(H,24,26). The monoisotopic (exact) mass is 399 g/mol. The molecule has 0 aromatic heterocycles. The summed E-state index contributed by atoms with van der Waals surface area (Å²) >= 11 is 0.